The molecular formula is C12H12N2O4S. The zero-order valence-electron chi connectivity index (χ0n) is 10.5. The van der Waals surface area contributed by atoms with Crippen molar-refractivity contribution in [2.24, 2.45) is 0 Å². The van der Waals surface area contributed by atoms with E-state index in [2.05, 4.69) is 9.72 Å². The summed E-state index contributed by atoms with van der Waals surface area (Å²) in [5.41, 5.74) is 0.280. The van der Waals surface area contributed by atoms with E-state index < -0.39 is 5.97 Å². The minimum absolute atomic E-state index is 0.108. The van der Waals surface area contributed by atoms with Crippen molar-refractivity contribution < 1.29 is 18.7 Å². The van der Waals surface area contributed by atoms with Crippen LogP contribution in [0, 0.1) is 0 Å². The maximum absolute atomic E-state index is 12.0. The van der Waals surface area contributed by atoms with Crippen molar-refractivity contribution >= 4 is 23.2 Å². The van der Waals surface area contributed by atoms with Gasteiger partial charge in [-0.25, -0.2) is 4.98 Å². The Hall–Kier alpha value is -2.15. The van der Waals surface area contributed by atoms with E-state index in [9.17, 15) is 9.59 Å². The topological polar surface area (TPSA) is 72.6 Å². The number of furan rings is 1. The lowest BCUT2D eigenvalue weighted by molar-refractivity contribution is -0.141. The minimum Gasteiger partial charge on any atom is -0.468 e. The van der Waals surface area contributed by atoms with E-state index >= 15 is 0 Å². The molecule has 0 N–H and O–H groups in total. The first-order valence-electron chi connectivity index (χ1n) is 5.43. The standard InChI is InChI=1S/C12H12N2O4S/c1-14(6-10(15)17-2)12(16)8-7-19-11(13-8)9-4-3-5-18-9/h3-5,7H,6H2,1-2H3. The third kappa shape index (κ3) is 3.00. The van der Waals surface area contributed by atoms with Crippen molar-refractivity contribution in [2.45, 2.75) is 0 Å². The predicted octanol–water partition coefficient (Wildman–Crippen LogP) is 1.65. The van der Waals surface area contributed by atoms with E-state index in [-0.39, 0.29) is 18.1 Å². The normalized spacial score (nSPS) is 10.2. The monoisotopic (exact) mass is 280 g/mol. The number of hydrogen-bond acceptors (Lipinski definition) is 6. The molecule has 0 unspecified atom stereocenters. The fourth-order valence-corrected chi connectivity index (χ4v) is 2.17. The van der Waals surface area contributed by atoms with Crippen molar-refractivity contribution in [3.8, 4) is 10.8 Å². The smallest absolute Gasteiger partial charge is 0.325 e. The summed E-state index contributed by atoms with van der Waals surface area (Å²) in [6.45, 7) is -0.108. The highest BCUT2D eigenvalue weighted by Crippen LogP contribution is 2.24. The van der Waals surface area contributed by atoms with Gasteiger partial charge in [0.2, 0.25) is 0 Å². The van der Waals surface area contributed by atoms with Gasteiger partial charge in [-0.1, -0.05) is 0 Å². The van der Waals surface area contributed by atoms with Crippen LogP contribution in [-0.2, 0) is 9.53 Å². The van der Waals surface area contributed by atoms with Crippen molar-refractivity contribution in [1.82, 2.24) is 9.88 Å². The molecule has 1 amide bonds. The molecule has 2 heterocycles. The SMILES string of the molecule is COC(=O)CN(C)C(=O)c1csc(-c2ccco2)n1. The first-order chi connectivity index (χ1) is 9.11. The number of esters is 1. The third-order valence-corrected chi connectivity index (χ3v) is 3.25. The molecule has 0 fully saturated rings. The maximum Gasteiger partial charge on any atom is 0.325 e. The summed E-state index contributed by atoms with van der Waals surface area (Å²) in [6, 6.07) is 3.52. The van der Waals surface area contributed by atoms with E-state index in [1.54, 1.807) is 23.8 Å². The molecule has 0 saturated heterocycles. The summed E-state index contributed by atoms with van der Waals surface area (Å²) in [7, 11) is 2.80. The maximum atomic E-state index is 12.0. The molecule has 2 rings (SSSR count). The van der Waals surface area contributed by atoms with Crippen molar-refractivity contribution in [3.05, 3.63) is 29.5 Å². The number of nitrogens with zero attached hydrogens (tertiary/aromatic N) is 2. The van der Waals surface area contributed by atoms with Gasteiger partial charge < -0.3 is 14.1 Å². The lowest BCUT2D eigenvalue weighted by Gasteiger charge is -2.13. The molecule has 7 heteroatoms. The largest absolute Gasteiger partial charge is 0.468 e. The Balaban J connectivity index is 2.10. The van der Waals surface area contributed by atoms with Gasteiger partial charge in [-0.15, -0.1) is 11.3 Å². The van der Waals surface area contributed by atoms with Crippen LogP contribution in [0.4, 0.5) is 0 Å². The zero-order chi connectivity index (χ0) is 13.8. The molecule has 19 heavy (non-hydrogen) atoms. The molecule has 100 valence electrons. The second kappa shape index (κ2) is 5.66. The number of ether oxygens (including phenoxy) is 1. The number of aromatic nitrogens is 1. The van der Waals surface area contributed by atoms with Gasteiger partial charge in [0.1, 0.15) is 12.2 Å². The molecule has 0 aliphatic heterocycles. The van der Waals surface area contributed by atoms with E-state index in [4.69, 9.17) is 4.42 Å². The first-order valence-corrected chi connectivity index (χ1v) is 6.31. The van der Waals surface area contributed by atoms with E-state index in [1.165, 1.54) is 30.4 Å². The lowest BCUT2D eigenvalue weighted by atomic mass is 10.4. The summed E-state index contributed by atoms with van der Waals surface area (Å²) < 4.78 is 9.71. The highest BCUT2D eigenvalue weighted by atomic mass is 32.1. The lowest BCUT2D eigenvalue weighted by Crippen LogP contribution is -2.32. The number of likely N-dealkylation sites (N-methyl/N-ethyl adjacent to an activating group) is 1. The number of methoxy groups -OCH3 is 1. The van der Waals surface area contributed by atoms with Gasteiger partial charge in [0.25, 0.3) is 5.91 Å². The summed E-state index contributed by atoms with van der Waals surface area (Å²) in [5, 5.41) is 2.26. The quantitative estimate of drug-likeness (QED) is 0.796. The van der Waals surface area contributed by atoms with Crippen LogP contribution in [0.1, 0.15) is 10.5 Å². The van der Waals surface area contributed by atoms with Gasteiger partial charge in [-0.05, 0) is 12.1 Å². The predicted molar refractivity (Wildman–Crippen MR) is 68.8 cm³/mol. The van der Waals surface area contributed by atoms with Crippen LogP contribution < -0.4 is 0 Å². The van der Waals surface area contributed by atoms with Crippen LogP contribution in [-0.4, -0.2) is 42.5 Å². The highest BCUT2D eigenvalue weighted by molar-refractivity contribution is 7.13. The number of amides is 1. The number of carbonyl (C=O) groups is 2. The Morgan fingerprint density at radius 3 is 2.95 bits per heavy atom. The van der Waals surface area contributed by atoms with Crippen molar-refractivity contribution in [1.29, 1.82) is 0 Å². The molecule has 0 aromatic carbocycles. The second-order valence-electron chi connectivity index (χ2n) is 3.75. The molecule has 0 radical (unpaired) electrons. The highest BCUT2D eigenvalue weighted by Gasteiger charge is 2.19. The van der Waals surface area contributed by atoms with Crippen molar-refractivity contribution in [3.63, 3.8) is 0 Å². The van der Waals surface area contributed by atoms with Crippen LogP contribution in [0.25, 0.3) is 10.8 Å². The van der Waals surface area contributed by atoms with Crippen LogP contribution >= 0.6 is 11.3 Å². The molecule has 0 saturated carbocycles. The second-order valence-corrected chi connectivity index (χ2v) is 4.61. The number of rotatable bonds is 4. The Bertz CT molecular complexity index is 576. The first kappa shape index (κ1) is 13.3. The Labute approximate surface area is 113 Å². The van der Waals surface area contributed by atoms with E-state index in [0.717, 1.165) is 0 Å². The van der Waals surface area contributed by atoms with Gasteiger partial charge in [0.05, 0.1) is 13.4 Å². The number of carbonyl (C=O) groups excluding carboxylic acids is 2. The Morgan fingerprint density at radius 1 is 1.53 bits per heavy atom. The van der Waals surface area contributed by atoms with E-state index in [0.29, 0.717) is 10.8 Å². The molecule has 2 aromatic rings. The molecule has 2 aromatic heterocycles. The Kier molecular flexibility index (Phi) is 3.96. The van der Waals surface area contributed by atoms with Crippen LogP contribution in [0.15, 0.2) is 28.2 Å². The average Bonchev–Trinajstić information content (AvgIpc) is 3.07. The van der Waals surface area contributed by atoms with Gasteiger partial charge in [-0.2, -0.15) is 0 Å². The minimum atomic E-state index is -0.475. The zero-order valence-corrected chi connectivity index (χ0v) is 11.3. The van der Waals surface area contributed by atoms with Gasteiger partial charge >= 0.3 is 5.97 Å². The van der Waals surface area contributed by atoms with Gasteiger partial charge in [0.15, 0.2) is 10.8 Å². The molecule has 0 atom stereocenters. The molecular weight excluding hydrogens is 268 g/mol. The third-order valence-electron chi connectivity index (χ3n) is 2.40. The molecule has 0 aliphatic carbocycles. The fourth-order valence-electron chi connectivity index (χ4n) is 1.41. The van der Waals surface area contributed by atoms with Crippen LogP contribution in [0.3, 0.4) is 0 Å². The number of hydrogen-bond donors (Lipinski definition) is 0. The molecule has 0 spiro atoms. The summed E-state index contributed by atoms with van der Waals surface area (Å²) in [4.78, 5) is 28.6. The van der Waals surface area contributed by atoms with Gasteiger partial charge in [-0.3, -0.25) is 9.59 Å². The summed E-state index contributed by atoms with van der Waals surface area (Å²) in [5.74, 6) is -0.198. The van der Waals surface area contributed by atoms with E-state index in [1.807, 2.05) is 0 Å². The van der Waals surface area contributed by atoms with Crippen LogP contribution in [0.2, 0.25) is 0 Å². The molecule has 0 bridgehead atoms. The summed E-state index contributed by atoms with van der Waals surface area (Å²) >= 11 is 1.31. The molecule has 0 aliphatic rings. The number of thiazole rings is 1. The molecule has 6 nitrogen and oxygen atoms in total. The average molecular weight is 280 g/mol. The Morgan fingerprint density at radius 2 is 2.32 bits per heavy atom. The summed E-state index contributed by atoms with van der Waals surface area (Å²) in [6.07, 6.45) is 1.54. The van der Waals surface area contributed by atoms with Crippen LogP contribution in [0.5, 0.6) is 0 Å². The van der Waals surface area contributed by atoms with Crippen molar-refractivity contribution in [2.75, 3.05) is 20.7 Å². The van der Waals surface area contributed by atoms with Gasteiger partial charge in [0, 0.05) is 12.4 Å². The fraction of sp³-hybridized carbons (Fsp3) is 0.250.